The van der Waals surface area contributed by atoms with Crippen LogP contribution in [-0.4, -0.2) is 66.0 Å². The fraction of sp³-hybridized carbons (Fsp3) is 0.407. The third-order valence-electron chi connectivity index (χ3n) is 7.52. The first-order valence-electron chi connectivity index (χ1n) is 11.9. The van der Waals surface area contributed by atoms with Crippen LogP contribution in [0.15, 0.2) is 54.2 Å². The quantitative estimate of drug-likeness (QED) is 0.689. The molecule has 2 fully saturated rings. The standard InChI is InChI=1S/C27H31N3O4/c1-4-30-26(32)29-18-20-16-21(33-2)17-23(34-3)22(20)10-11-24(29)27(30)12-14-28(15-13-27)25(31)19-8-6-5-7-9-19/h5-9,11,16-17H,4,10,12-15,18H2,1-3H3. The van der Waals surface area contributed by atoms with Gasteiger partial charge >= 0.3 is 6.03 Å². The first-order chi connectivity index (χ1) is 16.5. The Kier molecular flexibility index (Phi) is 5.71. The number of hydrogen-bond acceptors (Lipinski definition) is 4. The maximum atomic E-state index is 13.6. The summed E-state index contributed by atoms with van der Waals surface area (Å²) in [4.78, 5) is 32.5. The number of rotatable bonds is 4. The Morgan fingerprint density at radius 3 is 2.44 bits per heavy atom. The molecule has 2 saturated heterocycles. The highest BCUT2D eigenvalue weighted by atomic mass is 16.5. The highest BCUT2D eigenvalue weighted by molar-refractivity contribution is 5.94. The molecule has 0 unspecified atom stereocenters. The van der Waals surface area contributed by atoms with Gasteiger partial charge in [-0.15, -0.1) is 0 Å². The molecule has 3 aliphatic heterocycles. The van der Waals surface area contributed by atoms with Gasteiger partial charge in [-0.25, -0.2) is 4.79 Å². The summed E-state index contributed by atoms with van der Waals surface area (Å²) in [6, 6.07) is 13.4. The second-order valence-electron chi connectivity index (χ2n) is 9.06. The van der Waals surface area contributed by atoms with Crippen molar-refractivity contribution in [3.05, 3.63) is 70.9 Å². The third kappa shape index (κ3) is 3.42. The lowest BCUT2D eigenvalue weighted by atomic mass is 9.83. The van der Waals surface area contributed by atoms with Gasteiger partial charge in [-0.2, -0.15) is 0 Å². The molecule has 7 heteroatoms. The molecule has 3 aliphatic rings. The second kappa shape index (κ2) is 8.70. The summed E-state index contributed by atoms with van der Waals surface area (Å²) in [6.07, 6.45) is 4.34. The largest absolute Gasteiger partial charge is 0.497 e. The summed E-state index contributed by atoms with van der Waals surface area (Å²) in [5, 5.41) is 0. The predicted molar refractivity (Wildman–Crippen MR) is 129 cm³/mol. The summed E-state index contributed by atoms with van der Waals surface area (Å²) in [6.45, 7) is 4.39. The summed E-state index contributed by atoms with van der Waals surface area (Å²) >= 11 is 0. The predicted octanol–water partition coefficient (Wildman–Crippen LogP) is 4.08. The molecule has 0 atom stereocenters. The van der Waals surface area contributed by atoms with Crippen LogP contribution in [0, 0.1) is 0 Å². The molecule has 3 amide bonds. The van der Waals surface area contributed by atoms with E-state index < -0.39 is 5.54 Å². The topological polar surface area (TPSA) is 62.3 Å². The Hall–Kier alpha value is -3.48. The second-order valence-corrected chi connectivity index (χ2v) is 9.06. The molecule has 3 heterocycles. The van der Waals surface area contributed by atoms with E-state index in [1.54, 1.807) is 14.2 Å². The van der Waals surface area contributed by atoms with Gasteiger partial charge in [-0.1, -0.05) is 24.3 Å². The van der Waals surface area contributed by atoms with Crippen molar-refractivity contribution in [1.82, 2.24) is 14.7 Å². The van der Waals surface area contributed by atoms with Crippen LogP contribution in [0.5, 0.6) is 11.5 Å². The summed E-state index contributed by atoms with van der Waals surface area (Å²) < 4.78 is 11.1. The number of likely N-dealkylation sites (tertiary alicyclic amines) is 1. The highest BCUT2D eigenvalue weighted by Crippen LogP contribution is 2.46. The van der Waals surface area contributed by atoms with Gasteiger partial charge in [-0.3, -0.25) is 9.69 Å². The minimum Gasteiger partial charge on any atom is -0.497 e. The lowest BCUT2D eigenvalue weighted by Gasteiger charge is -2.44. The van der Waals surface area contributed by atoms with Crippen molar-refractivity contribution in [3.63, 3.8) is 0 Å². The molecule has 178 valence electrons. The first-order valence-corrected chi connectivity index (χ1v) is 11.9. The number of carbonyl (C=O) groups excluding carboxylic acids is 2. The maximum Gasteiger partial charge on any atom is 0.325 e. The zero-order valence-electron chi connectivity index (χ0n) is 20.0. The molecule has 0 aromatic heterocycles. The smallest absolute Gasteiger partial charge is 0.325 e. The summed E-state index contributed by atoms with van der Waals surface area (Å²) in [5.74, 6) is 1.56. The van der Waals surface area contributed by atoms with Gasteiger partial charge in [0.25, 0.3) is 5.91 Å². The van der Waals surface area contributed by atoms with Gasteiger partial charge in [0.2, 0.25) is 0 Å². The lowest BCUT2D eigenvalue weighted by Crippen LogP contribution is -2.54. The van der Waals surface area contributed by atoms with E-state index in [2.05, 4.69) is 6.08 Å². The Morgan fingerprint density at radius 2 is 1.79 bits per heavy atom. The van der Waals surface area contributed by atoms with Crippen LogP contribution < -0.4 is 9.47 Å². The van der Waals surface area contributed by atoms with Crippen LogP contribution in [0.4, 0.5) is 4.79 Å². The molecular formula is C27H31N3O4. The highest BCUT2D eigenvalue weighted by Gasteiger charge is 2.54. The number of carbonyl (C=O) groups is 2. The van der Waals surface area contributed by atoms with E-state index in [0.29, 0.717) is 38.2 Å². The third-order valence-corrected chi connectivity index (χ3v) is 7.52. The molecule has 34 heavy (non-hydrogen) atoms. The van der Waals surface area contributed by atoms with Crippen molar-refractivity contribution in [2.45, 2.75) is 38.3 Å². The van der Waals surface area contributed by atoms with Gasteiger partial charge < -0.3 is 19.3 Å². The van der Waals surface area contributed by atoms with Crippen LogP contribution in [0.25, 0.3) is 0 Å². The minimum absolute atomic E-state index is 0.0335. The fourth-order valence-corrected chi connectivity index (χ4v) is 5.80. The van der Waals surface area contributed by atoms with Gasteiger partial charge in [0, 0.05) is 42.5 Å². The van der Waals surface area contributed by atoms with E-state index in [1.807, 2.05) is 64.1 Å². The molecule has 7 nitrogen and oxygen atoms in total. The summed E-state index contributed by atoms with van der Waals surface area (Å²) in [7, 11) is 3.31. The number of allylic oxidation sites excluding steroid dienone is 1. The van der Waals surface area contributed by atoms with Gasteiger partial charge in [0.1, 0.15) is 11.5 Å². The molecular weight excluding hydrogens is 430 g/mol. The Bertz CT molecular complexity index is 1140. The zero-order valence-corrected chi connectivity index (χ0v) is 20.0. The average Bonchev–Trinajstić information content (AvgIpc) is 2.99. The number of hydrogen-bond donors (Lipinski definition) is 0. The minimum atomic E-state index is -0.390. The van der Waals surface area contributed by atoms with Gasteiger partial charge in [0.05, 0.1) is 26.3 Å². The van der Waals surface area contributed by atoms with Crippen molar-refractivity contribution < 1.29 is 19.1 Å². The fourth-order valence-electron chi connectivity index (χ4n) is 5.80. The van der Waals surface area contributed by atoms with Crippen molar-refractivity contribution >= 4 is 11.9 Å². The number of amides is 3. The average molecular weight is 462 g/mol. The first kappa shape index (κ1) is 22.3. The van der Waals surface area contributed by atoms with Crippen LogP contribution in [-0.2, 0) is 13.0 Å². The molecule has 2 aromatic carbocycles. The van der Waals surface area contributed by atoms with Crippen LogP contribution in [0.1, 0.15) is 41.3 Å². The van der Waals surface area contributed by atoms with Crippen LogP contribution in [0.2, 0.25) is 0 Å². The number of methoxy groups -OCH3 is 2. The van der Waals surface area contributed by atoms with E-state index in [9.17, 15) is 9.59 Å². The Labute approximate surface area is 200 Å². The Balaban J connectivity index is 1.46. The SMILES string of the molecule is CCN1C(=O)N2Cc3cc(OC)cc(OC)c3CC=C2C12CCN(C(=O)c1ccccc1)CC2. The van der Waals surface area contributed by atoms with E-state index >= 15 is 0 Å². The molecule has 0 aliphatic carbocycles. The van der Waals surface area contributed by atoms with Crippen molar-refractivity contribution in [2.75, 3.05) is 33.9 Å². The van der Waals surface area contributed by atoms with Crippen molar-refractivity contribution in [3.8, 4) is 11.5 Å². The number of likely N-dealkylation sites (N-methyl/N-ethyl adjacent to an activating group) is 1. The van der Waals surface area contributed by atoms with E-state index in [0.717, 1.165) is 41.2 Å². The van der Waals surface area contributed by atoms with Crippen LogP contribution >= 0.6 is 0 Å². The molecule has 0 bridgehead atoms. The number of ether oxygens (including phenoxy) is 2. The molecule has 1 spiro atoms. The van der Waals surface area contributed by atoms with E-state index in [1.165, 1.54) is 0 Å². The molecule has 0 saturated carbocycles. The normalized spacial score (nSPS) is 18.9. The number of benzene rings is 2. The number of nitrogens with zero attached hydrogens (tertiary/aromatic N) is 3. The van der Waals surface area contributed by atoms with Crippen molar-refractivity contribution in [1.29, 1.82) is 0 Å². The number of urea groups is 1. The van der Waals surface area contributed by atoms with Gasteiger partial charge in [0.15, 0.2) is 0 Å². The molecule has 5 rings (SSSR count). The molecule has 2 aromatic rings. The number of piperidine rings is 1. The van der Waals surface area contributed by atoms with Gasteiger partial charge in [-0.05, 0) is 49.9 Å². The van der Waals surface area contributed by atoms with Crippen LogP contribution in [0.3, 0.4) is 0 Å². The lowest BCUT2D eigenvalue weighted by molar-refractivity contribution is 0.0576. The zero-order chi connectivity index (χ0) is 23.9. The molecule has 0 radical (unpaired) electrons. The Morgan fingerprint density at radius 1 is 1.06 bits per heavy atom. The summed E-state index contributed by atoms with van der Waals surface area (Å²) in [5.41, 5.74) is 3.51. The van der Waals surface area contributed by atoms with E-state index in [4.69, 9.17) is 9.47 Å². The number of fused-ring (bicyclic) bond motifs is 3. The van der Waals surface area contributed by atoms with E-state index in [-0.39, 0.29) is 11.9 Å². The maximum absolute atomic E-state index is 13.6. The molecule has 0 N–H and O–H groups in total. The monoisotopic (exact) mass is 461 g/mol. The van der Waals surface area contributed by atoms with Crippen molar-refractivity contribution in [2.24, 2.45) is 0 Å².